The number of rotatable bonds is 4. The minimum Gasteiger partial charge on any atom is -0.344 e. The lowest BCUT2D eigenvalue weighted by atomic mass is 10.1. The summed E-state index contributed by atoms with van der Waals surface area (Å²) in [6.45, 7) is 1.87. The van der Waals surface area contributed by atoms with Crippen molar-refractivity contribution in [3.05, 3.63) is 65.9 Å². The molecule has 0 saturated carbocycles. The van der Waals surface area contributed by atoms with E-state index in [-0.39, 0.29) is 23.5 Å². The molecule has 0 fully saturated rings. The standard InChI is InChI=1S/C16H14FN5O/c1-10(11-6-8-18-9-7-11)19-16(23)15-14(20-22-21-15)12-2-4-13(17)5-3-12/h2-10H,1H3,(H,19,23)(H,20,21,22)/t10-/m1/s1. The number of aromatic amines is 1. The van der Waals surface area contributed by atoms with Crippen LogP contribution in [0.5, 0.6) is 0 Å². The second-order valence-corrected chi connectivity index (χ2v) is 5.00. The molecule has 116 valence electrons. The number of hydrogen-bond acceptors (Lipinski definition) is 4. The number of H-pyrrole nitrogens is 1. The first-order chi connectivity index (χ1) is 11.1. The Kier molecular flexibility index (Phi) is 4.09. The Morgan fingerprint density at radius 3 is 2.52 bits per heavy atom. The fraction of sp³-hybridized carbons (Fsp3) is 0.125. The van der Waals surface area contributed by atoms with Gasteiger partial charge in [0.2, 0.25) is 0 Å². The average Bonchev–Trinajstić information content (AvgIpc) is 3.06. The molecule has 2 N–H and O–H groups in total. The smallest absolute Gasteiger partial charge is 0.274 e. The van der Waals surface area contributed by atoms with Gasteiger partial charge in [0.05, 0.1) is 6.04 Å². The molecule has 3 rings (SSSR count). The summed E-state index contributed by atoms with van der Waals surface area (Å²) in [5.74, 6) is -0.711. The van der Waals surface area contributed by atoms with Gasteiger partial charge in [0, 0.05) is 18.0 Å². The Labute approximate surface area is 131 Å². The number of amides is 1. The molecular formula is C16H14FN5O. The van der Waals surface area contributed by atoms with Crippen molar-refractivity contribution >= 4 is 5.91 Å². The number of aromatic nitrogens is 4. The largest absolute Gasteiger partial charge is 0.344 e. The summed E-state index contributed by atoms with van der Waals surface area (Å²) >= 11 is 0. The van der Waals surface area contributed by atoms with Crippen molar-refractivity contribution in [2.24, 2.45) is 0 Å². The van der Waals surface area contributed by atoms with Gasteiger partial charge in [0.25, 0.3) is 5.91 Å². The lowest BCUT2D eigenvalue weighted by molar-refractivity contribution is 0.0935. The summed E-state index contributed by atoms with van der Waals surface area (Å²) in [4.78, 5) is 16.4. The average molecular weight is 311 g/mol. The zero-order valence-corrected chi connectivity index (χ0v) is 12.3. The van der Waals surface area contributed by atoms with Crippen molar-refractivity contribution in [2.45, 2.75) is 13.0 Å². The predicted molar refractivity (Wildman–Crippen MR) is 81.9 cm³/mol. The van der Waals surface area contributed by atoms with Crippen molar-refractivity contribution in [3.8, 4) is 11.3 Å². The summed E-state index contributed by atoms with van der Waals surface area (Å²) in [7, 11) is 0. The third kappa shape index (κ3) is 3.23. The molecule has 2 aromatic heterocycles. The van der Waals surface area contributed by atoms with E-state index in [0.29, 0.717) is 11.3 Å². The third-order valence-electron chi connectivity index (χ3n) is 3.43. The zero-order valence-electron chi connectivity index (χ0n) is 12.3. The topological polar surface area (TPSA) is 83.6 Å². The van der Waals surface area contributed by atoms with E-state index < -0.39 is 0 Å². The Bertz CT molecular complexity index is 801. The molecule has 0 spiro atoms. The second-order valence-electron chi connectivity index (χ2n) is 5.00. The SMILES string of the molecule is C[C@@H](NC(=O)c1n[nH]nc1-c1ccc(F)cc1)c1ccncc1. The normalized spacial score (nSPS) is 11.9. The first kappa shape index (κ1) is 14.8. The van der Waals surface area contributed by atoms with Crippen LogP contribution >= 0.6 is 0 Å². The maximum Gasteiger partial charge on any atom is 0.274 e. The van der Waals surface area contributed by atoms with E-state index in [0.717, 1.165) is 5.56 Å². The van der Waals surface area contributed by atoms with Crippen molar-refractivity contribution in [1.29, 1.82) is 0 Å². The minimum atomic E-state index is -0.359. The summed E-state index contributed by atoms with van der Waals surface area (Å²) in [5, 5.41) is 13.2. The monoisotopic (exact) mass is 311 g/mol. The third-order valence-corrected chi connectivity index (χ3v) is 3.43. The number of halogens is 1. The highest BCUT2D eigenvalue weighted by Gasteiger charge is 2.20. The van der Waals surface area contributed by atoms with E-state index in [1.165, 1.54) is 12.1 Å². The van der Waals surface area contributed by atoms with Gasteiger partial charge in [-0.25, -0.2) is 4.39 Å². The molecule has 1 atom stereocenters. The van der Waals surface area contributed by atoms with Crippen LogP contribution in [0.4, 0.5) is 4.39 Å². The van der Waals surface area contributed by atoms with Gasteiger partial charge in [0.15, 0.2) is 5.69 Å². The number of nitrogens with one attached hydrogen (secondary N) is 2. The summed E-state index contributed by atoms with van der Waals surface area (Å²) < 4.78 is 13.0. The summed E-state index contributed by atoms with van der Waals surface area (Å²) in [5.41, 5.74) is 2.09. The van der Waals surface area contributed by atoms with Gasteiger partial charge < -0.3 is 5.32 Å². The molecule has 0 saturated heterocycles. The van der Waals surface area contributed by atoms with Gasteiger partial charge in [-0.05, 0) is 48.9 Å². The number of carbonyl (C=O) groups is 1. The molecule has 0 radical (unpaired) electrons. The summed E-state index contributed by atoms with van der Waals surface area (Å²) in [6.07, 6.45) is 3.33. The Balaban J connectivity index is 1.81. The van der Waals surface area contributed by atoms with Crippen LogP contribution in [0, 0.1) is 5.82 Å². The van der Waals surface area contributed by atoms with E-state index in [1.807, 2.05) is 19.1 Å². The number of hydrogen-bond donors (Lipinski definition) is 2. The van der Waals surface area contributed by atoms with Crippen molar-refractivity contribution in [2.75, 3.05) is 0 Å². The van der Waals surface area contributed by atoms with Crippen LogP contribution in [-0.2, 0) is 0 Å². The fourth-order valence-electron chi connectivity index (χ4n) is 2.20. The molecule has 0 bridgehead atoms. The van der Waals surface area contributed by atoms with Gasteiger partial charge >= 0.3 is 0 Å². The molecule has 7 heteroatoms. The first-order valence-electron chi connectivity index (χ1n) is 7.02. The highest BCUT2D eigenvalue weighted by atomic mass is 19.1. The summed E-state index contributed by atoms with van der Waals surface area (Å²) in [6, 6.07) is 9.18. The molecule has 1 amide bonds. The van der Waals surface area contributed by atoms with E-state index in [4.69, 9.17) is 0 Å². The number of pyridine rings is 1. The Morgan fingerprint density at radius 2 is 1.83 bits per heavy atom. The van der Waals surface area contributed by atoms with Gasteiger partial charge in [-0.3, -0.25) is 9.78 Å². The van der Waals surface area contributed by atoms with E-state index in [1.54, 1.807) is 24.5 Å². The van der Waals surface area contributed by atoms with Gasteiger partial charge in [-0.1, -0.05) is 0 Å². The molecule has 2 heterocycles. The van der Waals surface area contributed by atoms with Crippen LogP contribution in [0.3, 0.4) is 0 Å². The quantitative estimate of drug-likeness (QED) is 0.775. The van der Waals surface area contributed by atoms with Crippen LogP contribution in [0.1, 0.15) is 29.0 Å². The van der Waals surface area contributed by atoms with Crippen molar-refractivity contribution < 1.29 is 9.18 Å². The lowest BCUT2D eigenvalue weighted by Gasteiger charge is -2.13. The maximum absolute atomic E-state index is 13.0. The van der Waals surface area contributed by atoms with Crippen LogP contribution in [0.2, 0.25) is 0 Å². The van der Waals surface area contributed by atoms with Gasteiger partial charge in [-0.2, -0.15) is 15.4 Å². The minimum absolute atomic E-state index is 0.164. The van der Waals surface area contributed by atoms with Crippen LogP contribution in [-0.4, -0.2) is 26.3 Å². The number of carbonyl (C=O) groups excluding carboxylic acids is 1. The zero-order chi connectivity index (χ0) is 16.2. The highest BCUT2D eigenvalue weighted by Crippen LogP contribution is 2.20. The van der Waals surface area contributed by atoms with E-state index >= 15 is 0 Å². The van der Waals surface area contributed by atoms with Gasteiger partial charge in [0.1, 0.15) is 11.5 Å². The van der Waals surface area contributed by atoms with Gasteiger partial charge in [-0.15, -0.1) is 0 Å². The molecule has 0 unspecified atom stereocenters. The first-order valence-corrected chi connectivity index (χ1v) is 7.02. The van der Waals surface area contributed by atoms with E-state index in [9.17, 15) is 9.18 Å². The molecule has 23 heavy (non-hydrogen) atoms. The van der Waals surface area contributed by atoms with Crippen LogP contribution in [0.25, 0.3) is 11.3 Å². The van der Waals surface area contributed by atoms with Crippen LogP contribution in [0.15, 0.2) is 48.8 Å². The fourth-order valence-corrected chi connectivity index (χ4v) is 2.20. The molecule has 0 aliphatic rings. The van der Waals surface area contributed by atoms with Crippen molar-refractivity contribution in [3.63, 3.8) is 0 Å². The maximum atomic E-state index is 13.0. The number of benzene rings is 1. The molecule has 6 nitrogen and oxygen atoms in total. The lowest BCUT2D eigenvalue weighted by Crippen LogP contribution is -2.27. The number of nitrogens with zero attached hydrogens (tertiary/aromatic N) is 3. The predicted octanol–water partition coefficient (Wildman–Crippen LogP) is 2.50. The van der Waals surface area contributed by atoms with Crippen molar-refractivity contribution in [1.82, 2.24) is 25.7 Å². The van der Waals surface area contributed by atoms with E-state index in [2.05, 4.69) is 25.7 Å². The second kappa shape index (κ2) is 6.35. The molecule has 1 aromatic carbocycles. The molecule has 0 aliphatic carbocycles. The highest BCUT2D eigenvalue weighted by molar-refractivity contribution is 5.98. The van der Waals surface area contributed by atoms with Crippen LogP contribution < -0.4 is 5.32 Å². The molecule has 3 aromatic rings. The Hall–Kier alpha value is -3.09. The Morgan fingerprint density at radius 1 is 1.13 bits per heavy atom. The molecular weight excluding hydrogens is 297 g/mol. The molecule has 0 aliphatic heterocycles.